The summed E-state index contributed by atoms with van der Waals surface area (Å²) in [6.45, 7) is 2.32. The van der Waals surface area contributed by atoms with Crippen molar-refractivity contribution in [2.45, 2.75) is 44.2 Å². The van der Waals surface area contributed by atoms with Gasteiger partial charge in [-0.25, -0.2) is 0 Å². The number of benzene rings is 1. The van der Waals surface area contributed by atoms with Crippen LogP contribution in [0.3, 0.4) is 0 Å². The van der Waals surface area contributed by atoms with Crippen LogP contribution in [-0.4, -0.2) is 50.0 Å². The molecule has 1 N–H and O–H groups in total. The van der Waals surface area contributed by atoms with Crippen molar-refractivity contribution in [1.29, 1.82) is 0 Å². The van der Waals surface area contributed by atoms with Crippen molar-refractivity contribution in [3.05, 3.63) is 35.9 Å². The Hall–Kier alpha value is -0.980. The van der Waals surface area contributed by atoms with E-state index >= 15 is 0 Å². The van der Waals surface area contributed by atoms with Crippen LogP contribution in [0.2, 0.25) is 0 Å². The lowest BCUT2D eigenvalue weighted by Gasteiger charge is -2.42. The number of aliphatic hydroxyl groups excluding tert-OH is 1. The van der Waals surface area contributed by atoms with E-state index < -0.39 is 12.4 Å². The minimum atomic E-state index is -1.00. The van der Waals surface area contributed by atoms with Crippen molar-refractivity contribution in [3.63, 3.8) is 0 Å². The third-order valence-corrected chi connectivity index (χ3v) is 3.57. The van der Waals surface area contributed by atoms with E-state index in [1.165, 1.54) is 7.11 Å². The fourth-order valence-corrected chi connectivity index (χ4v) is 2.51. The molecular formula is C15H22O5. The Morgan fingerprint density at radius 1 is 1.05 bits per heavy atom. The molecule has 1 aliphatic rings. The molecule has 0 unspecified atom stereocenters. The Morgan fingerprint density at radius 3 is 2.30 bits per heavy atom. The molecule has 0 spiro atoms. The van der Waals surface area contributed by atoms with Gasteiger partial charge in [-0.1, -0.05) is 30.3 Å². The van der Waals surface area contributed by atoms with Gasteiger partial charge in [0.2, 0.25) is 0 Å². The molecule has 5 atom stereocenters. The molecule has 5 heteroatoms. The average molecular weight is 282 g/mol. The standard InChI is InChI=1S/C15H22O5/c1-10-12(19-9-11-7-5-4-6-8-11)13(17-2)14(18-3)15(16)20-10/h4-8,10,12-16H,9H2,1-3H3/t10-,12+,13-,14+,15-/m1/s1. The molecule has 1 aromatic rings. The lowest BCUT2D eigenvalue weighted by atomic mass is 9.99. The van der Waals surface area contributed by atoms with Gasteiger partial charge in [-0.3, -0.25) is 0 Å². The van der Waals surface area contributed by atoms with Gasteiger partial charge in [-0.05, 0) is 12.5 Å². The predicted molar refractivity (Wildman–Crippen MR) is 73.2 cm³/mol. The normalized spacial score (nSPS) is 34.1. The third kappa shape index (κ3) is 3.37. The van der Waals surface area contributed by atoms with Crippen LogP contribution in [0.5, 0.6) is 0 Å². The Labute approximate surface area is 119 Å². The number of aliphatic hydroxyl groups is 1. The van der Waals surface area contributed by atoms with Crippen LogP contribution in [-0.2, 0) is 25.6 Å². The molecule has 1 aliphatic heterocycles. The minimum Gasteiger partial charge on any atom is -0.376 e. The highest BCUT2D eigenvalue weighted by Gasteiger charge is 2.45. The SMILES string of the molecule is CO[C@@H]1[C@@H](OCc2ccccc2)[C@@H](C)O[C@@H](O)[C@H]1OC. The van der Waals surface area contributed by atoms with Crippen molar-refractivity contribution in [2.24, 2.45) is 0 Å². The Kier molecular flexibility index (Phi) is 5.51. The maximum Gasteiger partial charge on any atom is 0.184 e. The number of hydrogen-bond donors (Lipinski definition) is 1. The molecule has 1 aromatic carbocycles. The molecule has 2 rings (SSSR count). The topological polar surface area (TPSA) is 57.2 Å². The van der Waals surface area contributed by atoms with E-state index in [4.69, 9.17) is 18.9 Å². The average Bonchev–Trinajstić information content (AvgIpc) is 2.46. The first-order valence-electron chi connectivity index (χ1n) is 6.72. The first kappa shape index (κ1) is 15.4. The summed E-state index contributed by atoms with van der Waals surface area (Å²) in [5.74, 6) is 0. The molecule has 1 saturated heterocycles. The molecular weight excluding hydrogens is 260 g/mol. The third-order valence-electron chi connectivity index (χ3n) is 3.57. The highest BCUT2D eigenvalue weighted by molar-refractivity contribution is 5.13. The Bertz CT molecular complexity index is 397. The largest absolute Gasteiger partial charge is 0.376 e. The first-order chi connectivity index (χ1) is 9.67. The van der Waals surface area contributed by atoms with Gasteiger partial charge in [0.15, 0.2) is 6.29 Å². The summed E-state index contributed by atoms with van der Waals surface area (Å²) in [7, 11) is 3.10. The van der Waals surface area contributed by atoms with Crippen LogP contribution < -0.4 is 0 Å². The van der Waals surface area contributed by atoms with Crippen molar-refractivity contribution in [3.8, 4) is 0 Å². The van der Waals surface area contributed by atoms with Gasteiger partial charge >= 0.3 is 0 Å². The second-order valence-corrected chi connectivity index (χ2v) is 4.89. The Balaban J connectivity index is 2.03. The van der Waals surface area contributed by atoms with E-state index in [9.17, 15) is 5.11 Å². The van der Waals surface area contributed by atoms with E-state index in [-0.39, 0.29) is 18.3 Å². The zero-order valence-electron chi connectivity index (χ0n) is 12.1. The molecule has 20 heavy (non-hydrogen) atoms. The second kappa shape index (κ2) is 7.15. The first-order valence-corrected chi connectivity index (χ1v) is 6.72. The summed E-state index contributed by atoms with van der Waals surface area (Å²) in [6, 6.07) is 9.90. The molecule has 1 fully saturated rings. The van der Waals surface area contributed by atoms with E-state index in [2.05, 4.69) is 0 Å². The molecule has 0 aliphatic carbocycles. The summed E-state index contributed by atoms with van der Waals surface area (Å²) in [6.07, 6.45) is -2.51. The number of methoxy groups -OCH3 is 2. The van der Waals surface area contributed by atoms with Crippen molar-refractivity contribution in [2.75, 3.05) is 14.2 Å². The van der Waals surface area contributed by atoms with E-state index in [1.807, 2.05) is 37.3 Å². The summed E-state index contributed by atoms with van der Waals surface area (Å²) in [5.41, 5.74) is 1.08. The summed E-state index contributed by atoms with van der Waals surface area (Å²) < 4.78 is 22.1. The molecule has 0 amide bonds. The summed E-state index contributed by atoms with van der Waals surface area (Å²) >= 11 is 0. The van der Waals surface area contributed by atoms with Crippen LogP contribution in [0.4, 0.5) is 0 Å². The lowest BCUT2D eigenvalue weighted by Crippen LogP contribution is -2.58. The quantitative estimate of drug-likeness (QED) is 0.883. The zero-order valence-corrected chi connectivity index (χ0v) is 12.1. The maximum absolute atomic E-state index is 9.86. The van der Waals surface area contributed by atoms with Crippen LogP contribution in [0.1, 0.15) is 12.5 Å². The highest BCUT2D eigenvalue weighted by Crippen LogP contribution is 2.26. The van der Waals surface area contributed by atoms with Crippen LogP contribution >= 0.6 is 0 Å². The molecule has 0 aromatic heterocycles. The molecule has 0 bridgehead atoms. The van der Waals surface area contributed by atoms with E-state index in [1.54, 1.807) is 7.11 Å². The molecule has 112 valence electrons. The van der Waals surface area contributed by atoms with Gasteiger partial charge in [0.25, 0.3) is 0 Å². The number of ether oxygens (including phenoxy) is 4. The molecule has 1 heterocycles. The van der Waals surface area contributed by atoms with E-state index in [0.717, 1.165) is 5.56 Å². The molecule has 0 radical (unpaired) electrons. The monoisotopic (exact) mass is 282 g/mol. The van der Waals surface area contributed by atoms with E-state index in [0.29, 0.717) is 6.61 Å². The Morgan fingerprint density at radius 2 is 1.70 bits per heavy atom. The summed E-state index contributed by atoms with van der Waals surface area (Å²) in [4.78, 5) is 0. The van der Waals surface area contributed by atoms with Crippen LogP contribution in [0, 0.1) is 0 Å². The van der Waals surface area contributed by atoms with Crippen molar-refractivity contribution >= 4 is 0 Å². The molecule has 0 saturated carbocycles. The van der Waals surface area contributed by atoms with Gasteiger partial charge in [-0.2, -0.15) is 0 Å². The van der Waals surface area contributed by atoms with Gasteiger partial charge in [-0.15, -0.1) is 0 Å². The number of rotatable bonds is 5. The van der Waals surface area contributed by atoms with Crippen LogP contribution in [0.25, 0.3) is 0 Å². The maximum atomic E-state index is 9.86. The fraction of sp³-hybridized carbons (Fsp3) is 0.600. The van der Waals surface area contributed by atoms with Gasteiger partial charge < -0.3 is 24.1 Å². The highest BCUT2D eigenvalue weighted by atomic mass is 16.7. The zero-order chi connectivity index (χ0) is 14.5. The second-order valence-electron chi connectivity index (χ2n) is 4.89. The van der Waals surface area contributed by atoms with Crippen LogP contribution in [0.15, 0.2) is 30.3 Å². The summed E-state index contributed by atoms with van der Waals surface area (Å²) in [5, 5.41) is 9.86. The smallest absolute Gasteiger partial charge is 0.184 e. The number of hydrogen-bond acceptors (Lipinski definition) is 5. The molecule has 5 nitrogen and oxygen atoms in total. The fourth-order valence-electron chi connectivity index (χ4n) is 2.51. The van der Waals surface area contributed by atoms with Gasteiger partial charge in [0.1, 0.15) is 18.3 Å². The minimum absolute atomic E-state index is 0.273. The lowest BCUT2D eigenvalue weighted by molar-refractivity contribution is -0.296. The van der Waals surface area contributed by atoms with Crippen molar-refractivity contribution in [1.82, 2.24) is 0 Å². The van der Waals surface area contributed by atoms with Gasteiger partial charge in [0.05, 0.1) is 12.7 Å². The predicted octanol–water partition coefficient (Wildman–Crippen LogP) is 1.34. The van der Waals surface area contributed by atoms with Gasteiger partial charge in [0, 0.05) is 14.2 Å². The van der Waals surface area contributed by atoms with Crippen molar-refractivity contribution < 1.29 is 24.1 Å².